The summed E-state index contributed by atoms with van der Waals surface area (Å²) in [6.07, 6.45) is 3.54. The third-order valence-corrected chi connectivity index (χ3v) is 3.15. The van der Waals surface area contributed by atoms with E-state index in [1.807, 2.05) is 17.5 Å². The Morgan fingerprint density at radius 3 is 3.07 bits per heavy atom. The molecule has 0 bridgehead atoms. The first-order valence-electron chi connectivity index (χ1n) is 4.77. The molecule has 2 nitrogen and oxygen atoms in total. The molecule has 1 atom stereocenters. The molecule has 0 spiro atoms. The monoisotopic (exact) mass is 208 g/mol. The molecule has 1 aromatic rings. The molecule has 2 heterocycles. The van der Waals surface area contributed by atoms with Gasteiger partial charge in [0.05, 0.1) is 0 Å². The summed E-state index contributed by atoms with van der Waals surface area (Å²) in [7, 11) is 0. The first-order chi connectivity index (χ1) is 6.81. The lowest BCUT2D eigenvalue weighted by Crippen LogP contribution is -2.09. The van der Waals surface area contributed by atoms with E-state index >= 15 is 0 Å². The maximum atomic E-state index is 11.1. The molecule has 2 rings (SSSR count). The minimum absolute atomic E-state index is 0.0221. The number of carbonyl (C=O) groups is 1. The third kappa shape index (κ3) is 1.73. The van der Waals surface area contributed by atoms with E-state index in [1.165, 1.54) is 0 Å². The van der Waals surface area contributed by atoms with Gasteiger partial charge in [0.15, 0.2) is 0 Å². The second-order valence-corrected chi connectivity index (χ2v) is 4.24. The molecule has 0 aromatic carbocycles. The fourth-order valence-corrected chi connectivity index (χ4v) is 2.39. The average Bonchev–Trinajstić information content (AvgIpc) is 2.74. The Kier molecular flexibility index (Phi) is 2.68. The van der Waals surface area contributed by atoms with Crippen LogP contribution in [-0.4, -0.2) is 12.1 Å². The molecule has 1 unspecified atom stereocenters. The normalized spacial score (nSPS) is 20.8. The second-order valence-electron chi connectivity index (χ2n) is 3.29. The van der Waals surface area contributed by atoms with Crippen LogP contribution in [-0.2, 0) is 9.53 Å². The number of ether oxygens (including phenoxy) is 1. The number of cyclic esters (lactones) is 1. The molecule has 1 aliphatic heterocycles. The molecule has 74 valence electrons. The van der Waals surface area contributed by atoms with Crippen molar-refractivity contribution in [1.82, 2.24) is 0 Å². The first-order valence-corrected chi connectivity index (χ1v) is 5.65. The van der Waals surface area contributed by atoms with Crippen LogP contribution in [0.4, 0.5) is 0 Å². The van der Waals surface area contributed by atoms with E-state index < -0.39 is 0 Å². The highest BCUT2D eigenvalue weighted by molar-refractivity contribution is 7.11. The van der Waals surface area contributed by atoms with Crippen molar-refractivity contribution < 1.29 is 9.53 Å². The first kappa shape index (κ1) is 9.46. The van der Waals surface area contributed by atoms with Gasteiger partial charge < -0.3 is 4.74 Å². The van der Waals surface area contributed by atoms with Gasteiger partial charge in [0.25, 0.3) is 0 Å². The van der Waals surface area contributed by atoms with Gasteiger partial charge in [0.2, 0.25) is 0 Å². The summed E-state index contributed by atoms with van der Waals surface area (Å²) in [6, 6.07) is 4.02. The zero-order valence-electron chi connectivity index (χ0n) is 8.03. The molecule has 0 amide bonds. The topological polar surface area (TPSA) is 26.3 Å². The van der Waals surface area contributed by atoms with Crippen LogP contribution in [0.1, 0.15) is 24.6 Å². The van der Waals surface area contributed by atoms with E-state index in [1.54, 1.807) is 17.4 Å². The summed E-state index contributed by atoms with van der Waals surface area (Å²) in [4.78, 5) is 12.3. The van der Waals surface area contributed by atoms with Gasteiger partial charge in [0.1, 0.15) is 6.10 Å². The Bertz CT molecular complexity index is 351. The molecule has 0 aliphatic carbocycles. The lowest BCUT2D eigenvalue weighted by Gasteiger charge is -2.11. The van der Waals surface area contributed by atoms with Crippen LogP contribution in [0.15, 0.2) is 23.6 Å². The van der Waals surface area contributed by atoms with Crippen molar-refractivity contribution in [1.29, 1.82) is 0 Å². The summed E-state index contributed by atoms with van der Waals surface area (Å²) in [6.45, 7) is 2.10. The zero-order chi connectivity index (χ0) is 9.97. The van der Waals surface area contributed by atoms with Gasteiger partial charge >= 0.3 is 5.97 Å². The molecule has 0 saturated carbocycles. The fourth-order valence-electron chi connectivity index (χ4n) is 1.61. The molecule has 14 heavy (non-hydrogen) atoms. The van der Waals surface area contributed by atoms with Crippen LogP contribution in [0.5, 0.6) is 0 Å². The van der Waals surface area contributed by atoms with Crippen molar-refractivity contribution in [2.75, 3.05) is 0 Å². The summed E-state index contributed by atoms with van der Waals surface area (Å²) < 4.78 is 5.21. The van der Waals surface area contributed by atoms with Crippen molar-refractivity contribution in [2.24, 2.45) is 0 Å². The van der Waals surface area contributed by atoms with Gasteiger partial charge in [-0.25, -0.2) is 4.79 Å². The number of hydrogen-bond donors (Lipinski definition) is 0. The van der Waals surface area contributed by atoms with Crippen molar-refractivity contribution in [3.8, 4) is 0 Å². The number of thiophene rings is 1. The third-order valence-electron chi connectivity index (χ3n) is 2.24. The summed E-state index contributed by atoms with van der Waals surface area (Å²) >= 11 is 1.65. The average molecular weight is 208 g/mol. The standard InChI is InChI=1S/C11H12O2S/c1-2-4-9-8(7-11(12)13-9)10-5-3-6-14-10/h3,5-7,9H,2,4H2,1H3. The molecular weight excluding hydrogens is 196 g/mol. The summed E-state index contributed by atoms with van der Waals surface area (Å²) in [5, 5.41) is 2.02. The van der Waals surface area contributed by atoms with E-state index in [0.29, 0.717) is 0 Å². The minimum atomic E-state index is -0.202. The minimum Gasteiger partial charge on any atom is -0.454 e. The van der Waals surface area contributed by atoms with Crippen LogP contribution in [0.3, 0.4) is 0 Å². The van der Waals surface area contributed by atoms with Crippen molar-refractivity contribution in [3.63, 3.8) is 0 Å². The highest BCUT2D eigenvalue weighted by Crippen LogP contribution is 2.31. The Labute approximate surface area is 87.2 Å². The van der Waals surface area contributed by atoms with Crippen molar-refractivity contribution in [2.45, 2.75) is 25.9 Å². The van der Waals surface area contributed by atoms with E-state index in [4.69, 9.17) is 4.74 Å². The predicted octanol–water partition coefficient (Wildman–Crippen LogP) is 2.86. The van der Waals surface area contributed by atoms with Crippen LogP contribution in [0.25, 0.3) is 5.57 Å². The highest BCUT2D eigenvalue weighted by atomic mass is 32.1. The number of esters is 1. The molecule has 1 aliphatic rings. The van der Waals surface area contributed by atoms with E-state index in [9.17, 15) is 4.79 Å². The molecular formula is C11H12O2S. The summed E-state index contributed by atoms with van der Waals surface area (Å²) in [5.41, 5.74) is 1.05. The quantitative estimate of drug-likeness (QED) is 0.714. The Balaban J connectivity index is 2.23. The molecule has 0 radical (unpaired) electrons. The maximum Gasteiger partial charge on any atom is 0.331 e. The van der Waals surface area contributed by atoms with Gasteiger partial charge in [-0.3, -0.25) is 0 Å². The second kappa shape index (κ2) is 3.96. The van der Waals surface area contributed by atoms with Gasteiger partial charge in [-0.1, -0.05) is 19.4 Å². The lowest BCUT2D eigenvalue weighted by atomic mass is 10.1. The van der Waals surface area contributed by atoms with Crippen LogP contribution in [0.2, 0.25) is 0 Å². The Morgan fingerprint density at radius 2 is 2.43 bits per heavy atom. The van der Waals surface area contributed by atoms with E-state index in [2.05, 4.69) is 6.92 Å². The highest BCUT2D eigenvalue weighted by Gasteiger charge is 2.26. The molecule has 0 saturated heterocycles. The predicted molar refractivity (Wildman–Crippen MR) is 57.1 cm³/mol. The van der Waals surface area contributed by atoms with Crippen molar-refractivity contribution in [3.05, 3.63) is 28.5 Å². The maximum absolute atomic E-state index is 11.1. The largest absolute Gasteiger partial charge is 0.454 e. The molecule has 3 heteroatoms. The Hall–Kier alpha value is -1.09. The van der Waals surface area contributed by atoms with Crippen LogP contribution < -0.4 is 0 Å². The number of hydrogen-bond acceptors (Lipinski definition) is 3. The van der Waals surface area contributed by atoms with Gasteiger partial charge in [-0.2, -0.15) is 0 Å². The van der Waals surface area contributed by atoms with Gasteiger partial charge in [0, 0.05) is 16.5 Å². The number of carbonyl (C=O) groups excluding carboxylic acids is 1. The molecule has 0 fully saturated rings. The lowest BCUT2D eigenvalue weighted by molar-refractivity contribution is -0.138. The van der Waals surface area contributed by atoms with Gasteiger partial charge in [-0.05, 0) is 17.9 Å². The number of rotatable bonds is 3. The summed E-state index contributed by atoms with van der Waals surface area (Å²) in [5.74, 6) is -0.202. The zero-order valence-corrected chi connectivity index (χ0v) is 8.84. The Morgan fingerprint density at radius 1 is 1.57 bits per heavy atom. The molecule has 1 aromatic heterocycles. The van der Waals surface area contributed by atoms with Gasteiger partial charge in [-0.15, -0.1) is 11.3 Å². The SMILES string of the molecule is CCCC1OC(=O)C=C1c1cccs1. The van der Waals surface area contributed by atoms with Crippen LogP contribution >= 0.6 is 11.3 Å². The van der Waals surface area contributed by atoms with E-state index in [-0.39, 0.29) is 12.1 Å². The smallest absolute Gasteiger partial charge is 0.331 e. The fraction of sp³-hybridized carbons (Fsp3) is 0.364. The van der Waals surface area contributed by atoms with Crippen LogP contribution in [0, 0.1) is 0 Å². The van der Waals surface area contributed by atoms with Crippen molar-refractivity contribution >= 4 is 22.9 Å². The van der Waals surface area contributed by atoms with E-state index in [0.717, 1.165) is 23.3 Å². The molecule has 0 N–H and O–H groups in total.